The number of nitrogens with zero attached hydrogens (tertiary/aromatic N) is 1. The molecule has 2 heterocycles. The topological polar surface area (TPSA) is 58.9 Å². The Labute approximate surface area is 133 Å². The summed E-state index contributed by atoms with van der Waals surface area (Å²) in [5.74, 6) is -2.74. The largest absolute Gasteiger partial charge is 0.360 e. The van der Waals surface area contributed by atoms with Crippen molar-refractivity contribution in [1.82, 2.24) is 0 Å². The third kappa shape index (κ3) is 2.58. The number of ketones is 1. The van der Waals surface area contributed by atoms with Crippen LogP contribution < -0.4 is 0 Å². The number of hydrogen-bond acceptors (Lipinski definition) is 5. The summed E-state index contributed by atoms with van der Waals surface area (Å²) in [6.45, 7) is 2.97. The second-order valence-electron chi connectivity index (χ2n) is 5.57. The number of benzene rings is 1. The van der Waals surface area contributed by atoms with Crippen LogP contribution >= 0.6 is 11.3 Å². The van der Waals surface area contributed by atoms with E-state index in [1.807, 2.05) is 47.8 Å². The predicted octanol–water partition coefficient (Wildman–Crippen LogP) is 3.18. The Morgan fingerprint density at radius 1 is 1.27 bits per heavy atom. The molecule has 0 fully saturated rings. The highest BCUT2D eigenvalue weighted by molar-refractivity contribution is 7.10. The lowest BCUT2D eigenvalue weighted by atomic mass is 9.76. The van der Waals surface area contributed by atoms with E-state index in [2.05, 4.69) is 5.16 Å². The smallest absolute Gasteiger partial charge is 0.242 e. The quantitative estimate of drug-likeness (QED) is 0.946. The van der Waals surface area contributed by atoms with E-state index in [-0.39, 0.29) is 11.7 Å². The van der Waals surface area contributed by atoms with Crippen molar-refractivity contribution in [2.24, 2.45) is 11.1 Å². The van der Waals surface area contributed by atoms with E-state index in [9.17, 15) is 9.90 Å². The van der Waals surface area contributed by atoms with E-state index in [0.29, 0.717) is 5.71 Å². The second-order valence-corrected chi connectivity index (χ2v) is 6.55. The average Bonchev–Trinajstić information content (AvgIpc) is 3.00. The van der Waals surface area contributed by atoms with Gasteiger partial charge in [-0.25, -0.2) is 0 Å². The van der Waals surface area contributed by atoms with Gasteiger partial charge in [0.15, 0.2) is 0 Å². The maximum absolute atomic E-state index is 12.2. The van der Waals surface area contributed by atoms with Crippen molar-refractivity contribution < 1.29 is 14.7 Å². The van der Waals surface area contributed by atoms with Gasteiger partial charge in [-0.15, -0.1) is 11.3 Å². The number of hydrogen-bond donors (Lipinski definition) is 1. The maximum Gasteiger partial charge on any atom is 0.242 e. The van der Waals surface area contributed by atoms with E-state index >= 15 is 0 Å². The first-order valence-corrected chi connectivity index (χ1v) is 7.96. The van der Waals surface area contributed by atoms with Gasteiger partial charge in [0, 0.05) is 11.8 Å². The van der Waals surface area contributed by atoms with Gasteiger partial charge in [-0.1, -0.05) is 41.6 Å². The Morgan fingerprint density at radius 2 is 2.00 bits per heavy atom. The van der Waals surface area contributed by atoms with Gasteiger partial charge >= 0.3 is 0 Å². The van der Waals surface area contributed by atoms with Crippen molar-refractivity contribution in [2.75, 3.05) is 0 Å². The van der Waals surface area contributed by atoms with Crippen LogP contribution in [0.3, 0.4) is 0 Å². The Morgan fingerprint density at radius 3 is 2.59 bits per heavy atom. The van der Waals surface area contributed by atoms with Crippen molar-refractivity contribution in [3.63, 3.8) is 0 Å². The Hall–Kier alpha value is -1.98. The van der Waals surface area contributed by atoms with Crippen LogP contribution in [0, 0.1) is 5.92 Å². The van der Waals surface area contributed by atoms with Crippen LogP contribution in [0.2, 0.25) is 0 Å². The molecule has 1 aliphatic heterocycles. The van der Waals surface area contributed by atoms with Crippen LogP contribution in [0.5, 0.6) is 0 Å². The number of oxime groups is 1. The van der Waals surface area contributed by atoms with Gasteiger partial charge in [0.05, 0.1) is 17.5 Å². The van der Waals surface area contributed by atoms with Crippen LogP contribution in [-0.2, 0) is 9.63 Å². The maximum atomic E-state index is 12.2. The molecule has 3 rings (SSSR count). The zero-order valence-electron chi connectivity index (χ0n) is 12.4. The number of thiophene rings is 1. The van der Waals surface area contributed by atoms with Crippen molar-refractivity contribution >= 4 is 22.8 Å². The van der Waals surface area contributed by atoms with Gasteiger partial charge in [-0.2, -0.15) is 0 Å². The van der Waals surface area contributed by atoms with Crippen LogP contribution in [0.15, 0.2) is 53.0 Å². The first-order chi connectivity index (χ1) is 10.5. The zero-order chi connectivity index (χ0) is 15.7. The number of aliphatic hydroxyl groups is 1. The van der Waals surface area contributed by atoms with Gasteiger partial charge in [-0.3, -0.25) is 4.79 Å². The van der Waals surface area contributed by atoms with Crippen LogP contribution in [0.1, 0.15) is 30.2 Å². The first kappa shape index (κ1) is 14.9. The highest BCUT2D eigenvalue weighted by atomic mass is 32.1. The number of Topliss-reactive ketones (excluding diaryl/α,β-unsaturated/α-hetero) is 1. The Balaban J connectivity index is 2.16. The van der Waals surface area contributed by atoms with Crippen molar-refractivity contribution in [1.29, 1.82) is 0 Å². The van der Waals surface area contributed by atoms with E-state index in [1.54, 1.807) is 11.3 Å². The summed E-state index contributed by atoms with van der Waals surface area (Å²) in [6.07, 6.45) is 0. The Bertz CT molecular complexity index is 692. The van der Waals surface area contributed by atoms with E-state index in [0.717, 1.165) is 10.4 Å². The molecule has 0 radical (unpaired) electrons. The lowest BCUT2D eigenvalue weighted by molar-refractivity contribution is -0.229. The van der Waals surface area contributed by atoms with Gasteiger partial charge < -0.3 is 9.94 Å². The van der Waals surface area contributed by atoms with Crippen LogP contribution in [-0.4, -0.2) is 22.4 Å². The molecule has 5 heteroatoms. The molecule has 1 aliphatic rings. The fourth-order valence-corrected chi connectivity index (χ4v) is 3.81. The summed E-state index contributed by atoms with van der Waals surface area (Å²) >= 11 is 1.55. The molecule has 4 nitrogen and oxygen atoms in total. The second kappa shape index (κ2) is 5.66. The fourth-order valence-electron chi connectivity index (χ4n) is 2.94. The molecule has 114 valence electrons. The third-order valence-electron chi connectivity index (χ3n) is 3.89. The molecule has 0 bridgehead atoms. The van der Waals surface area contributed by atoms with Crippen molar-refractivity contribution in [3.05, 3.63) is 58.3 Å². The summed E-state index contributed by atoms with van der Waals surface area (Å²) in [6, 6.07) is 13.5. The Kier molecular flexibility index (Phi) is 3.85. The van der Waals surface area contributed by atoms with Gasteiger partial charge in [0.2, 0.25) is 5.79 Å². The summed E-state index contributed by atoms with van der Waals surface area (Å²) in [7, 11) is 0. The standard InChI is InChI=1S/C17H17NO3S/c1-11(19)15-14(13-9-6-10-22-13)16(18-21-17(15,2)20)12-7-4-3-5-8-12/h3-10,14-15,20H,1-2H3. The third-order valence-corrected chi connectivity index (χ3v) is 4.85. The fraction of sp³-hybridized carbons (Fsp3) is 0.294. The summed E-state index contributed by atoms with van der Waals surface area (Å²) in [5, 5.41) is 16.6. The molecule has 2 aromatic rings. The predicted molar refractivity (Wildman–Crippen MR) is 85.9 cm³/mol. The molecule has 3 atom stereocenters. The molecule has 22 heavy (non-hydrogen) atoms. The lowest BCUT2D eigenvalue weighted by Gasteiger charge is -2.38. The molecular weight excluding hydrogens is 298 g/mol. The monoisotopic (exact) mass is 315 g/mol. The molecular formula is C17H17NO3S. The number of rotatable bonds is 3. The molecule has 0 saturated carbocycles. The van der Waals surface area contributed by atoms with Crippen LogP contribution in [0.25, 0.3) is 0 Å². The van der Waals surface area contributed by atoms with E-state index < -0.39 is 11.7 Å². The first-order valence-electron chi connectivity index (χ1n) is 7.08. The zero-order valence-corrected chi connectivity index (χ0v) is 13.2. The number of carbonyl (C=O) groups is 1. The highest BCUT2D eigenvalue weighted by Crippen LogP contribution is 2.42. The number of carbonyl (C=O) groups excluding carboxylic acids is 1. The minimum atomic E-state index is -1.61. The molecule has 3 unspecified atom stereocenters. The minimum Gasteiger partial charge on any atom is -0.360 e. The van der Waals surface area contributed by atoms with Gasteiger partial charge in [-0.05, 0) is 23.9 Å². The summed E-state index contributed by atoms with van der Waals surface area (Å²) in [5.41, 5.74) is 1.57. The van der Waals surface area contributed by atoms with E-state index in [4.69, 9.17) is 4.84 Å². The molecule has 0 amide bonds. The van der Waals surface area contributed by atoms with Crippen molar-refractivity contribution in [3.8, 4) is 0 Å². The van der Waals surface area contributed by atoms with Crippen LogP contribution in [0.4, 0.5) is 0 Å². The average molecular weight is 315 g/mol. The van der Waals surface area contributed by atoms with E-state index in [1.165, 1.54) is 13.8 Å². The van der Waals surface area contributed by atoms with Gasteiger partial charge in [0.1, 0.15) is 5.78 Å². The summed E-state index contributed by atoms with van der Waals surface area (Å²) < 4.78 is 0. The lowest BCUT2D eigenvalue weighted by Crippen LogP contribution is -2.49. The molecule has 0 spiro atoms. The minimum absolute atomic E-state index is 0.119. The molecule has 1 aromatic heterocycles. The molecule has 1 aromatic carbocycles. The normalized spacial score (nSPS) is 27.9. The van der Waals surface area contributed by atoms with Crippen molar-refractivity contribution in [2.45, 2.75) is 25.6 Å². The molecule has 0 aliphatic carbocycles. The molecule has 0 saturated heterocycles. The highest BCUT2D eigenvalue weighted by Gasteiger charge is 2.49. The van der Waals surface area contributed by atoms with Gasteiger partial charge in [0.25, 0.3) is 0 Å². The molecule has 1 N–H and O–H groups in total. The summed E-state index contributed by atoms with van der Waals surface area (Å²) in [4.78, 5) is 18.5. The SMILES string of the molecule is CC(=O)C1C(c2cccs2)C(c2ccccc2)=NOC1(C)O.